The fourth-order valence-electron chi connectivity index (χ4n) is 2.61. The highest BCUT2D eigenvalue weighted by Gasteiger charge is 2.13. The number of nitrogens with zero attached hydrogens (tertiary/aromatic N) is 3. The summed E-state index contributed by atoms with van der Waals surface area (Å²) in [5, 5.41) is 0. The molecule has 0 aromatic carbocycles. The first-order valence-electron chi connectivity index (χ1n) is 6.89. The van der Waals surface area contributed by atoms with Crippen molar-refractivity contribution in [1.29, 1.82) is 0 Å². The molecule has 3 N–H and O–H groups in total. The van der Waals surface area contributed by atoms with Gasteiger partial charge in [0.15, 0.2) is 17.0 Å². The van der Waals surface area contributed by atoms with Crippen LogP contribution in [0.2, 0.25) is 0 Å². The Kier molecular flexibility index (Phi) is 3.18. The summed E-state index contributed by atoms with van der Waals surface area (Å²) in [5.74, 6) is 7.46. The predicted octanol–water partition coefficient (Wildman–Crippen LogP) is 1.17. The molecule has 1 aliphatic rings. The molecule has 20 heavy (non-hydrogen) atoms. The van der Waals surface area contributed by atoms with Crippen molar-refractivity contribution in [2.75, 3.05) is 5.73 Å². The number of hydrogen-bond donors (Lipinski definition) is 2. The highest BCUT2D eigenvalue weighted by molar-refractivity contribution is 5.72. The third-order valence-corrected chi connectivity index (χ3v) is 3.74. The smallest absolute Gasteiger partial charge is 0.280 e. The topological polar surface area (TPSA) is 89.6 Å². The van der Waals surface area contributed by atoms with E-state index in [9.17, 15) is 4.79 Å². The molecule has 0 unspecified atom stereocenters. The maximum atomic E-state index is 11.8. The lowest BCUT2D eigenvalue weighted by Crippen LogP contribution is -2.11. The molecule has 0 spiro atoms. The van der Waals surface area contributed by atoms with Crippen molar-refractivity contribution >= 4 is 17.1 Å². The molecule has 2 heterocycles. The number of nitrogens with one attached hydrogen (secondary N) is 1. The number of imidazole rings is 1. The van der Waals surface area contributed by atoms with Gasteiger partial charge in [-0.2, -0.15) is 4.98 Å². The van der Waals surface area contributed by atoms with E-state index in [2.05, 4.69) is 26.8 Å². The summed E-state index contributed by atoms with van der Waals surface area (Å²) in [7, 11) is 1.80. The van der Waals surface area contributed by atoms with Gasteiger partial charge in [0.05, 0.1) is 0 Å². The molecule has 1 fully saturated rings. The Labute approximate surface area is 116 Å². The van der Waals surface area contributed by atoms with E-state index >= 15 is 0 Å². The molecular formula is C14H17N5O. The number of rotatable bonds is 0. The third-order valence-electron chi connectivity index (χ3n) is 3.74. The quantitative estimate of drug-likeness (QED) is 0.704. The zero-order valence-corrected chi connectivity index (χ0v) is 11.4. The Hall–Kier alpha value is -2.29. The van der Waals surface area contributed by atoms with Gasteiger partial charge in [0.1, 0.15) is 0 Å². The average Bonchev–Trinajstić information content (AvgIpc) is 2.75. The van der Waals surface area contributed by atoms with Crippen LogP contribution in [0.25, 0.3) is 11.2 Å². The van der Waals surface area contributed by atoms with E-state index in [0.29, 0.717) is 17.4 Å². The van der Waals surface area contributed by atoms with Crippen molar-refractivity contribution in [3.05, 3.63) is 16.2 Å². The molecular weight excluding hydrogens is 254 g/mol. The van der Waals surface area contributed by atoms with Crippen LogP contribution in [0.3, 0.4) is 0 Å². The minimum atomic E-state index is -0.325. The monoisotopic (exact) mass is 271 g/mol. The van der Waals surface area contributed by atoms with Gasteiger partial charge < -0.3 is 10.3 Å². The number of hydrogen-bond acceptors (Lipinski definition) is 4. The summed E-state index contributed by atoms with van der Waals surface area (Å²) in [4.78, 5) is 22.6. The number of nitrogens with two attached hydrogens (primary N) is 1. The van der Waals surface area contributed by atoms with Crippen LogP contribution in [0.1, 0.15) is 37.9 Å². The molecule has 3 rings (SSSR count). The minimum absolute atomic E-state index is 0.0947. The van der Waals surface area contributed by atoms with Gasteiger partial charge in [-0.3, -0.25) is 9.78 Å². The number of aromatic nitrogens is 4. The van der Waals surface area contributed by atoms with Gasteiger partial charge in [-0.1, -0.05) is 25.2 Å². The second kappa shape index (κ2) is 5.00. The number of aromatic amines is 1. The van der Waals surface area contributed by atoms with Gasteiger partial charge in [0, 0.05) is 13.0 Å². The average molecular weight is 271 g/mol. The van der Waals surface area contributed by atoms with Crippen molar-refractivity contribution in [2.45, 2.75) is 32.1 Å². The number of anilines is 1. The second-order valence-corrected chi connectivity index (χ2v) is 5.22. The van der Waals surface area contributed by atoms with E-state index in [0.717, 1.165) is 12.8 Å². The van der Waals surface area contributed by atoms with Gasteiger partial charge in [-0.15, -0.1) is 0 Å². The summed E-state index contributed by atoms with van der Waals surface area (Å²) in [6.07, 6.45) is 6.12. The molecule has 1 saturated carbocycles. The minimum Gasteiger partial charge on any atom is -0.369 e. The Morgan fingerprint density at radius 3 is 2.80 bits per heavy atom. The van der Waals surface area contributed by atoms with Crippen molar-refractivity contribution in [3.8, 4) is 11.8 Å². The van der Waals surface area contributed by atoms with Crippen LogP contribution in [0.15, 0.2) is 4.79 Å². The molecule has 0 radical (unpaired) electrons. The molecule has 2 aromatic rings. The van der Waals surface area contributed by atoms with E-state index in [1.165, 1.54) is 19.3 Å². The van der Waals surface area contributed by atoms with Crippen LogP contribution in [0.5, 0.6) is 0 Å². The maximum absolute atomic E-state index is 11.8. The number of nitrogen functional groups attached to an aromatic ring is 1. The van der Waals surface area contributed by atoms with Crippen molar-refractivity contribution in [3.63, 3.8) is 0 Å². The summed E-state index contributed by atoms with van der Waals surface area (Å²) in [5.41, 5.74) is 5.98. The summed E-state index contributed by atoms with van der Waals surface area (Å²) < 4.78 is 1.72. The van der Waals surface area contributed by atoms with Crippen LogP contribution < -0.4 is 11.3 Å². The Bertz CT molecular complexity index is 755. The highest BCUT2D eigenvalue weighted by atomic mass is 16.1. The predicted molar refractivity (Wildman–Crippen MR) is 77.0 cm³/mol. The van der Waals surface area contributed by atoms with Gasteiger partial charge in [0.25, 0.3) is 5.56 Å². The fourth-order valence-corrected chi connectivity index (χ4v) is 2.61. The molecule has 0 amide bonds. The number of H-pyrrole nitrogens is 1. The molecule has 0 saturated heterocycles. The van der Waals surface area contributed by atoms with Crippen LogP contribution in [0, 0.1) is 17.8 Å². The van der Waals surface area contributed by atoms with E-state index in [1.807, 2.05) is 0 Å². The highest BCUT2D eigenvalue weighted by Crippen LogP contribution is 2.22. The van der Waals surface area contributed by atoms with Crippen LogP contribution in [-0.4, -0.2) is 19.5 Å². The number of aryl methyl sites for hydroxylation is 1. The van der Waals surface area contributed by atoms with Crippen LogP contribution >= 0.6 is 0 Å². The molecule has 0 atom stereocenters. The normalized spacial score (nSPS) is 16.1. The van der Waals surface area contributed by atoms with E-state index < -0.39 is 0 Å². The first-order chi connectivity index (χ1) is 9.65. The van der Waals surface area contributed by atoms with Gasteiger partial charge >= 0.3 is 0 Å². The zero-order chi connectivity index (χ0) is 14.1. The van der Waals surface area contributed by atoms with Gasteiger partial charge in [-0.05, 0) is 18.8 Å². The van der Waals surface area contributed by atoms with Gasteiger partial charge in [0.2, 0.25) is 5.95 Å². The zero-order valence-electron chi connectivity index (χ0n) is 11.4. The molecule has 6 nitrogen and oxygen atoms in total. The Morgan fingerprint density at radius 2 is 2.05 bits per heavy atom. The van der Waals surface area contributed by atoms with Crippen molar-refractivity contribution in [2.24, 2.45) is 13.0 Å². The first-order valence-corrected chi connectivity index (χ1v) is 6.89. The molecule has 0 bridgehead atoms. The van der Waals surface area contributed by atoms with Crippen LogP contribution in [0.4, 0.5) is 5.95 Å². The SMILES string of the molecule is Cn1c(C#CC2CCCCC2)nc2c(=O)[nH]c(N)nc21. The summed E-state index contributed by atoms with van der Waals surface area (Å²) >= 11 is 0. The summed E-state index contributed by atoms with van der Waals surface area (Å²) in [6.45, 7) is 0. The molecule has 1 aliphatic carbocycles. The van der Waals surface area contributed by atoms with Gasteiger partial charge in [-0.25, -0.2) is 4.98 Å². The Morgan fingerprint density at radius 1 is 1.30 bits per heavy atom. The first kappa shape index (κ1) is 12.7. The van der Waals surface area contributed by atoms with E-state index in [1.54, 1.807) is 11.6 Å². The standard InChI is InChI=1S/C14H17N5O/c1-19-10(8-7-9-5-3-2-4-6-9)16-11-12(19)17-14(15)18-13(11)20/h9H,2-6H2,1H3,(H3,15,17,18,20). The Balaban J connectivity index is 2.00. The molecule has 6 heteroatoms. The van der Waals surface area contributed by atoms with E-state index in [4.69, 9.17) is 5.73 Å². The molecule has 2 aromatic heterocycles. The van der Waals surface area contributed by atoms with Crippen molar-refractivity contribution in [1.82, 2.24) is 19.5 Å². The second-order valence-electron chi connectivity index (χ2n) is 5.22. The maximum Gasteiger partial charge on any atom is 0.280 e. The van der Waals surface area contributed by atoms with E-state index in [-0.39, 0.29) is 17.0 Å². The largest absolute Gasteiger partial charge is 0.369 e. The lowest BCUT2D eigenvalue weighted by atomic mass is 9.90. The fraction of sp³-hybridized carbons (Fsp3) is 0.500. The molecule has 0 aliphatic heterocycles. The lowest BCUT2D eigenvalue weighted by Gasteiger charge is -2.15. The number of fused-ring (bicyclic) bond motifs is 1. The lowest BCUT2D eigenvalue weighted by molar-refractivity contribution is 0.430. The van der Waals surface area contributed by atoms with Crippen molar-refractivity contribution < 1.29 is 0 Å². The molecule has 104 valence electrons. The van der Waals surface area contributed by atoms with Crippen LogP contribution in [-0.2, 0) is 7.05 Å². The third kappa shape index (κ3) is 2.27. The summed E-state index contributed by atoms with van der Waals surface area (Å²) in [6, 6.07) is 0.